The first-order chi connectivity index (χ1) is 14.5. The third kappa shape index (κ3) is 4.78. The van der Waals surface area contributed by atoms with Gasteiger partial charge in [0.05, 0.1) is 33.3 Å². The van der Waals surface area contributed by atoms with Gasteiger partial charge in [0.1, 0.15) is 35.6 Å². The Hall–Kier alpha value is -2.54. The molecule has 12 heteroatoms. The topological polar surface area (TPSA) is 119 Å². The molecule has 0 amide bonds. The third-order valence-electron chi connectivity index (χ3n) is 3.69. The number of carbonyl (C=O) groups is 2. The fourth-order valence-electron chi connectivity index (χ4n) is 2.35. The number of carbonyl (C=O) groups excluding carboxylic acids is 2. The van der Waals surface area contributed by atoms with Crippen LogP contribution >= 0.6 is 46.8 Å². The molecule has 0 aliphatic heterocycles. The number of aromatic hydroxyl groups is 2. The summed E-state index contributed by atoms with van der Waals surface area (Å²) in [5.41, 5.74) is 1.23. The lowest BCUT2D eigenvalue weighted by Gasteiger charge is -2.01. The predicted molar refractivity (Wildman–Crippen MR) is 116 cm³/mol. The van der Waals surface area contributed by atoms with Crippen molar-refractivity contribution >= 4 is 79.1 Å². The fraction of sp³-hybridized carbons (Fsp3) is 0.111. The lowest BCUT2D eigenvalue weighted by molar-refractivity contribution is -0.139. The van der Waals surface area contributed by atoms with Crippen molar-refractivity contribution in [3.8, 4) is 11.5 Å². The summed E-state index contributed by atoms with van der Waals surface area (Å²) in [6.07, 6.45) is -0.299. The zero-order chi connectivity index (χ0) is 21.1. The molecule has 0 saturated carbocycles. The predicted octanol–water partition coefficient (Wildman–Crippen LogP) is 4.90. The van der Waals surface area contributed by atoms with Crippen molar-refractivity contribution in [2.45, 2.75) is 21.5 Å². The smallest absolute Gasteiger partial charge is 0.318 e. The Bertz CT molecular complexity index is 1140. The van der Waals surface area contributed by atoms with Crippen molar-refractivity contribution < 1.29 is 28.2 Å². The van der Waals surface area contributed by atoms with Gasteiger partial charge in [-0.25, -0.2) is 9.97 Å². The molecule has 2 aromatic carbocycles. The maximum Gasteiger partial charge on any atom is 0.318 e. The number of phenolic OH excluding ortho intramolecular Hbond substituents is 2. The Kier molecular flexibility index (Phi) is 6.27. The summed E-state index contributed by atoms with van der Waals surface area (Å²) in [5, 5.41) is 19.6. The van der Waals surface area contributed by atoms with Crippen LogP contribution in [0.3, 0.4) is 0 Å². The van der Waals surface area contributed by atoms with Crippen LogP contribution in [0.5, 0.6) is 11.5 Å². The van der Waals surface area contributed by atoms with Gasteiger partial charge in [0.15, 0.2) is 8.68 Å². The molecule has 0 unspecified atom stereocenters. The zero-order valence-electron chi connectivity index (χ0n) is 14.9. The SMILES string of the molecule is O=C(CCC(=O)OSc1nc2cccc(O)c2s1)OSc1nc2cccc(O)c2s1. The van der Waals surface area contributed by atoms with Gasteiger partial charge >= 0.3 is 11.9 Å². The van der Waals surface area contributed by atoms with Gasteiger partial charge in [-0.15, -0.1) is 22.7 Å². The molecule has 0 atom stereocenters. The molecule has 0 spiro atoms. The molecular weight excluding hydrogens is 468 g/mol. The Balaban J connectivity index is 1.22. The molecule has 2 N–H and O–H groups in total. The molecule has 4 aromatic rings. The second-order valence-corrected chi connectivity index (χ2v) is 9.74. The number of fused-ring (bicyclic) bond motifs is 2. The summed E-state index contributed by atoms with van der Waals surface area (Å²) in [6.45, 7) is 0. The zero-order valence-corrected chi connectivity index (χ0v) is 18.2. The Morgan fingerprint density at radius 3 is 1.63 bits per heavy atom. The van der Waals surface area contributed by atoms with Gasteiger partial charge in [0.2, 0.25) is 0 Å². The molecule has 4 rings (SSSR count). The molecule has 2 aromatic heterocycles. The van der Waals surface area contributed by atoms with Crippen molar-refractivity contribution in [1.82, 2.24) is 9.97 Å². The monoisotopic (exact) mass is 480 g/mol. The van der Waals surface area contributed by atoms with Crippen LogP contribution in [-0.4, -0.2) is 32.1 Å². The number of thiazole rings is 2. The van der Waals surface area contributed by atoms with E-state index in [0.717, 1.165) is 24.1 Å². The van der Waals surface area contributed by atoms with E-state index in [1.807, 2.05) is 0 Å². The lowest BCUT2D eigenvalue weighted by Crippen LogP contribution is -2.05. The highest BCUT2D eigenvalue weighted by molar-refractivity contribution is 7.97. The van der Waals surface area contributed by atoms with Crippen LogP contribution in [0.2, 0.25) is 0 Å². The van der Waals surface area contributed by atoms with Crippen LogP contribution in [0.25, 0.3) is 20.4 Å². The minimum absolute atomic E-state index is 0.117. The van der Waals surface area contributed by atoms with Gasteiger partial charge in [0.25, 0.3) is 0 Å². The van der Waals surface area contributed by atoms with Gasteiger partial charge in [0, 0.05) is 0 Å². The maximum absolute atomic E-state index is 11.9. The highest BCUT2D eigenvalue weighted by atomic mass is 32.2. The van der Waals surface area contributed by atoms with Crippen LogP contribution < -0.4 is 0 Å². The molecule has 30 heavy (non-hydrogen) atoms. The number of hydrogen-bond donors (Lipinski definition) is 2. The summed E-state index contributed by atoms with van der Waals surface area (Å²) < 4.78 is 12.3. The highest BCUT2D eigenvalue weighted by Crippen LogP contribution is 2.36. The first-order valence-electron chi connectivity index (χ1n) is 8.41. The van der Waals surface area contributed by atoms with E-state index in [0.29, 0.717) is 29.1 Å². The molecule has 2 heterocycles. The second-order valence-electron chi connectivity index (χ2n) is 5.79. The number of nitrogens with zero attached hydrogens (tertiary/aromatic N) is 2. The normalized spacial score (nSPS) is 11.1. The van der Waals surface area contributed by atoms with Crippen LogP contribution in [0.1, 0.15) is 12.8 Å². The van der Waals surface area contributed by atoms with Gasteiger partial charge in [-0.3, -0.25) is 9.59 Å². The average molecular weight is 481 g/mol. The third-order valence-corrected chi connectivity index (χ3v) is 7.39. The van der Waals surface area contributed by atoms with E-state index in [9.17, 15) is 19.8 Å². The quantitative estimate of drug-likeness (QED) is 0.354. The van der Waals surface area contributed by atoms with E-state index in [-0.39, 0.29) is 24.3 Å². The molecule has 0 radical (unpaired) electrons. The van der Waals surface area contributed by atoms with E-state index in [1.54, 1.807) is 36.4 Å². The summed E-state index contributed by atoms with van der Waals surface area (Å²) in [5.74, 6) is -0.941. The van der Waals surface area contributed by atoms with Gasteiger partial charge < -0.3 is 18.6 Å². The van der Waals surface area contributed by atoms with Crippen LogP contribution in [0, 0.1) is 0 Å². The molecule has 8 nitrogen and oxygen atoms in total. The molecule has 0 bridgehead atoms. The molecule has 0 saturated heterocycles. The van der Waals surface area contributed by atoms with Crippen LogP contribution in [0.4, 0.5) is 0 Å². The summed E-state index contributed by atoms with van der Waals surface area (Å²) >= 11 is 3.98. The van der Waals surface area contributed by atoms with Crippen molar-refractivity contribution in [1.29, 1.82) is 0 Å². The average Bonchev–Trinajstić information content (AvgIpc) is 3.34. The Labute approximate surface area is 186 Å². The maximum atomic E-state index is 11.9. The molecule has 0 aliphatic rings. The van der Waals surface area contributed by atoms with Crippen LogP contribution in [0.15, 0.2) is 45.1 Å². The van der Waals surface area contributed by atoms with E-state index >= 15 is 0 Å². The first-order valence-corrected chi connectivity index (χ1v) is 11.5. The molecule has 154 valence electrons. The first kappa shape index (κ1) is 20.7. The van der Waals surface area contributed by atoms with Crippen molar-refractivity contribution in [2.24, 2.45) is 0 Å². The van der Waals surface area contributed by atoms with E-state index in [1.165, 1.54) is 22.7 Å². The van der Waals surface area contributed by atoms with Gasteiger partial charge in [-0.2, -0.15) is 0 Å². The summed E-state index contributed by atoms with van der Waals surface area (Å²) in [7, 11) is 0. The summed E-state index contributed by atoms with van der Waals surface area (Å²) in [4.78, 5) is 32.2. The highest BCUT2D eigenvalue weighted by Gasteiger charge is 2.15. The summed E-state index contributed by atoms with van der Waals surface area (Å²) in [6, 6.07) is 9.97. The minimum Gasteiger partial charge on any atom is -0.506 e. The van der Waals surface area contributed by atoms with E-state index < -0.39 is 11.9 Å². The van der Waals surface area contributed by atoms with Crippen molar-refractivity contribution in [2.75, 3.05) is 0 Å². The fourth-order valence-corrected chi connectivity index (χ4v) is 5.51. The number of benzene rings is 2. The molecule has 0 aliphatic carbocycles. The Morgan fingerprint density at radius 1 is 0.800 bits per heavy atom. The van der Waals surface area contributed by atoms with Gasteiger partial charge in [-0.1, -0.05) is 12.1 Å². The molecule has 0 fully saturated rings. The number of aromatic nitrogens is 2. The Morgan fingerprint density at radius 2 is 1.23 bits per heavy atom. The lowest BCUT2D eigenvalue weighted by atomic mass is 10.3. The van der Waals surface area contributed by atoms with E-state index in [2.05, 4.69) is 9.97 Å². The largest absolute Gasteiger partial charge is 0.506 e. The number of rotatable bonds is 7. The van der Waals surface area contributed by atoms with Gasteiger partial charge in [-0.05, 0) is 24.3 Å². The van der Waals surface area contributed by atoms with Crippen LogP contribution in [-0.2, 0) is 18.0 Å². The second kappa shape index (κ2) is 9.08. The van der Waals surface area contributed by atoms with E-state index in [4.69, 9.17) is 8.37 Å². The number of hydrogen-bond acceptors (Lipinski definition) is 12. The standard InChI is InChI=1S/C18H12N2O6S4/c21-11-5-1-3-9-15(11)27-17(19-9)29-25-13(23)7-8-14(24)26-30-18-20-10-4-2-6-12(22)16(10)28-18/h1-6,21-22H,7-8H2. The minimum atomic E-state index is -0.588. The number of phenols is 2. The molecular formula is C18H12N2O6S4. The van der Waals surface area contributed by atoms with Crippen molar-refractivity contribution in [3.05, 3.63) is 36.4 Å². The van der Waals surface area contributed by atoms with Crippen molar-refractivity contribution in [3.63, 3.8) is 0 Å².